The summed E-state index contributed by atoms with van der Waals surface area (Å²) in [5, 5.41) is 24.2. The molecule has 9 atom stereocenters. The van der Waals surface area contributed by atoms with Gasteiger partial charge in [-0.3, -0.25) is 71.6 Å². The van der Waals surface area contributed by atoms with Crippen LogP contribution in [-0.2, 0) is 116 Å². The van der Waals surface area contributed by atoms with Crippen LogP contribution < -0.4 is 16.0 Å². The third-order valence-electron chi connectivity index (χ3n) is 30.5. The number of benzene rings is 3. The molecule has 3 spiro atoms. The van der Waals surface area contributed by atoms with E-state index in [-0.39, 0.29) is 166 Å². The van der Waals surface area contributed by atoms with Crippen LogP contribution in [0.5, 0.6) is 0 Å². The minimum absolute atomic E-state index is 0.00162. The molecule has 3 aliphatic carbocycles. The molecular weight excluding hydrogens is 2120 g/mol. The Labute approximate surface area is 886 Å². The van der Waals surface area contributed by atoms with Gasteiger partial charge < -0.3 is 44.9 Å². The Hall–Kier alpha value is -13.5. The summed E-state index contributed by atoms with van der Waals surface area (Å²) >= 11 is 10.3. The molecule has 3 saturated carbocycles. The first-order valence-electron chi connectivity index (χ1n) is 50.1. The predicted octanol–water partition coefficient (Wildman–Crippen LogP) is 13.7. The number of alkyl halides is 2. The molecule has 41 heteroatoms. The van der Waals surface area contributed by atoms with Crippen LogP contribution in [0.3, 0.4) is 0 Å². The van der Waals surface area contributed by atoms with Crippen molar-refractivity contribution in [1.29, 1.82) is 0 Å². The Balaban J connectivity index is 0.000000141. The summed E-state index contributed by atoms with van der Waals surface area (Å²) in [6.45, 7) is 18.7. The maximum atomic E-state index is 14.8. The van der Waals surface area contributed by atoms with E-state index >= 15 is 0 Å². The van der Waals surface area contributed by atoms with E-state index in [1.165, 1.54) is 30.4 Å². The van der Waals surface area contributed by atoms with Gasteiger partial charge in [0.2, 0.25) is 29.5 Å². The van der Waals surface area contributed by atoms with Gasteiger partial charge in [0.15, 0.2) is 34.7 Å². The average Bonchev–Trinajstić information content (AvgIpc) is 1.54. The van der Waals surface area contributed by atoms with E-state index in [2.05, 4.69) is 124 Å². The standard InChI is InChI=1S/C37H40BrN7O5.C37H38BrN7O5.C35H34BrF2N7O5/c2*1-21(46)34-26-12-23(25-16-39-22(2)40-17-25)6-8-28(26)44(43-34)18-33(48)45-29-14-37(15-31(37)45)20-41-35(49)36(3,4)10-5-11-50-19-24-7-9-32(38)42-27(24)13-30(29)47;1-19(46)32-24-10-21(23-14-39-20(2)40-15-23)4-6-26(24)44(43-32)16-31(48)45-27-12-34(13-29(34)45)18-41-33(49)35(37,38)8-3-9-50-17-22-5-7-30(36)42-25(22)11-28(27)47/h6-9,12,16-17,29,31H,5,10-11,13-15,18-20H2,1-4H3,(H,41,49);5-10,12,16-17,29,31H,11,13-15,18-20H2,1-4H3,(H,41,49);4-7,10,14-15,27,29H,3,8-9,11-13,16-18H2,1-2H3,(H,41,49)/t2*29-,31+,37-;27-,29+,34-/m000/s1. The number of carbonyl (C=O) groups excluding carboxylic acids is 12. The molecule has 12 aromatic rings. The molecule has 9 aromatic heterocycles. The van der Waals surface area contributed by atoms with Crippen molar-refractivity contribution in [3.8, 4) is 33.4 Å². The fourth-order valence-corrected chi connectivity index (χ4v) is 22.9. The molecule has 6 amide bonds. The number of ether oxygens (including phenoxy) is 3. The van der Waals surface area contributed by atoms with E-state index in [1.807, 2.05) is 126 Å². The smallest absolute Gasteiger partial charge is 0.324 e. The number of nitrogens with zero attached hydrogens (tertiary/aromatic N) is 18. The van der Waals surface area contributed by atoms with Gasteiger partial charge in [-0.25, -0.2) is 44.9 Å². The molecule has 0 unspecified atom stereocenters. The molecule has 6 fully saturated rings. The third-order valence-corrected chi connectivity index (χ3v) is 31.9. The zero-order valence-corrected chi connectivity index (χ0v) is 89.2. The molecule has 15 heterocycles. The van der Waals surface area contributed by atoms with Crippen LogP contribution in [0.4, 0.5) is 8.78 Å². The number of Topliss-reactive ketones (excluding diaryl/α,β-unsaturated/α-hetero) is 6. The first-order valence-corrected chi connectivity index (χ1v) is 52.4. The summed E-state index contributed by atoms with van der Waals surface area (Å²) in [5.74, 6) is -5.44. The number of fused-ring (bicyclic) bond motifs is 9. The van der Waals surface area contributed by atoms with Crippen molar-refractivity contribution >= 4 is 151 Å². The lowest BCUT2D eigenvalue weighted by molar-refractivity contribution is -0.147. The van der Waals surface area contributed by atoms with Gasteiger partial charge in [-0.2, -0.15) is 24.1 Å². The number of piperidine rings is 3. The van der Waals surface area contributed by atoms with Gasteiger partial charge in [0.1, 0.15) is 68.0 Å². The summed E-state index contributed by atoms with van der Waals surface area (Å²) in [6.07, 6.45) is 17.5. The van der Waals surface area contributed by atoms with Crippen molar-refractivity contribution in [3.63, 3.8) is 0 Å². The predicted molar refractivity (Wildman–Crippen MR) is 555 cm³/mol. The number of hydrogen-bond donors (Lipinski definition) is 3. The Kier molecular flexibility index (Phi) is 29.4. The molecule has 3 saturated heterocycles. The molecule has 9 aliphatic rings. The summed E-state index contributed by atoms with van der Waals surface area (Å²) in [7, 11) is 0. The SMILES string of the molecule is CC(=O)c1nn(CC(=O)N2[C@H]3C[C@@]4(CNC(=O)C(C)(C)C=CCOCc5ccc(Br)nc5CC3=O)C[C@@H]24)c2ccc(-c3cnc(C)nc3)cc12.CC(=O)c1nn(CC(=O)N2[C@H]3C[C@@]4(CNC(=O)C(C)(C)CCCOCc5ccc(Br)nc5CC3=O)C[C@@H]24)c2ccc(-c3cnc(C)nc3)cc12.CC(=O)c1nn(CC(=O)N2[C@H]3C[C@@]4(CNC(=O)C(F)(F)CCCOCc5ccc(Br)nc5CC3=O)C[C@@H]24)c2ccc(-c3cnc(C)nc3)cc12. The highest BCUT2D eigenvalue weighted by Gasteiger charge is 2.70. The van der Waals surface area contributed by atoms with Gasteiger partial charge in [0.25, 0.3) is 5.91 Å². The number of ketones is 6. The lowest BCUT2D eigenvalue weighted by Crippen LogP contribution is -2.45. The van der Waals surface area contributed by atoms with E-state index in [0.29, 0.717) is 164 Å². The van der Waals surface area contributed by atoms with Crippen LogP contribution in [-0.4, -0.2) is 241 Å². The number of aryl methyl sites for hydroxylation is 3. The molecule has 21 rings (SSSR count). The number of halogens is 5. The van der Waals surface area contributed by atoms with Crippen LogP contribution in [0.15, 0.2) is 154 Å². The van der Waals surface area contributed by atoms with E-state index < -0.39 is 75.4 Å². The Morgan fingerprint density at radius 3 is 1.07 bits per heavy atom. The fraction of sp³-hybridized carbons (Fsp3) is 0.431. The van der Waals surface area contributed by atoms with Crippen LogP contribution in [0.25, 0.3) is 66.1 Å². The van der Waals surface area contributed by atoms with Gasteiger partial charge in [0.05, 0.1) is 103 Å². The Morgan fingerprint density at radius 1 is 0.407 bits per heavy atom. The number of pyridine rings is 3. The number of hydrogen-bond acceptors (Lipinski definition) is 27. The zero-order chi connectivity index (χ0) is 106. The molecule has 6 bridgehead atoms. The number of nitrogens with one attached hydrogen (secondary N) is 3. The highest BCUT2D eigenvalue weighted by Crippen LogP contribution is 2.62. The monoisotopic (exact) mass is 2230 g/mol. The highest BCUT2D eigenvalue weighted by atomic mass is 79.9. The van der Waals surface area contributed by atoms with E-state index in [9.17, 15) is 66.3 Å². The molecule has 0 radical (unpaired) electrons. The second-order valence-electron chi connectivity index (χ2n) is 42.0. The minimum Gasteiger partial charge on any atom is -0.377 e. The summed E-state index contributed by atoms with van der Waals surface area (Å²) in [4.78, 5) is 207. The molecule has 36 nitrogen and oxygen atoms in total. The van der Waals surface area contributed by atoms with Crippen molar-refractivity contribution < 1.29 is 80.5 Å². The average molecular weight is 2230 g/mol. The van der Waals surface area contributed by atoms with Crippen LogP contribution in [0, 0.1) is 47.8 Å². The number of aromatic nitrogens is 15. The second kappa shape index (κ2) is 42.0. The second-order valence-corrected chi connectivity index (χ2v) is 44.4. The maximum absolute atomic E-state index is 14.8. The van der Waals surface area contributed by atoms with Crippen LogP contribution in [0.2, 0.25) is 0 Å². The molecule has 150 heavy (non-hydrogen) atoms. The van der Waals surface area contributed by atoms with E-state index in [4.69, 9.17) is 14.2 Å². The van der Waals surface area contributed by atoms with Crippen molar-refractivity contribution in [3.05, 3.63) is 222 Å². The topological polar surface area (TPSA) is 448 Å². The summed E-state index contributed by atoms with van der Waals surface area (Å²) < 4.78 is 53.3. The summed E-state index contributed by atoms with van der Waals surface area (Å²) in [5.41, 5.74) is 8.26. The Morgan fingerprint density at radius 2 is 0.727 bits per heavy atom. The quantitative estimate of drug-likeness (QED) is 0.0581. The number of rotatable bonds is 12. The van der Waals surface area contributed by atoms with Crippen molar-refractivity contribution in [2.75, 3.05) is 39.5 Å². The van der Waals surface area contributed by atoms with Crippen LogP contribution in [0.1, 0.15) is 195 Å². The summed E-state index contributed by atoms with van der Waals surface area (Å²) in [6, 6.07) is 24.3. The van der Waals surface area contributed by atoms with Gasteiger partial charge in [0, 0.05) is 170 Å². The van der Waals surface area contributed by atoms with Gasteiger partial charge >= 0.3 is 5.92 Å². The normalized spacial score (nSPS) is 23.6. The van der Waals surface area contributed by atoms with Crippen molar-refractivity contribution in [2.45, 2.75) is 234 Å². The van der Waals surface area contributed by atoms with Gasteiger partial charge in [-0.05, 0) is 228 Å². The molecule has 3 N–H and O–H groups in total. The first-order chi connectivity index (χ1) is 71.5. The number of likely N-dealkylation sites (tertiary alicyclic amines) is 3. The number of amides is 6. The minimum atomic E-state index is -3.60. The van der Waals surface area contributed by atoms with Crippen molar-refractivity contribution in [2.24, 2.45) is 27.1 Å². The van der Waals surface area contributed by atoms with Gasteiger partial charge in [-0.1, -0.05) is 62.4 Å². The fourth-order valence-electron chi connectivity index (χ4n) is 21.9. The Bertz CT molecular complexity index is 7240. The van der Waals surface area contributed by atoms with E-state index in [1.54, 1.807) is 81.5 Å². The first kappa shape index (κ1) is 105. The van der Waals surface area contributed by atoms with Crippen molar-refractivity contribution in [1.82, 2.24) is 105 Å². The highest BCUT2D eigenvalue weighted by molar-refractivity contribution is 9.11. The van der Waals surface area contributed by atoms with Gasteiger partial charge in [-0.15, -0.1) is 0 Å². The lowest BCUT2D eigenvalue weighted by Gasteiger charge is -2.27. The largest absolute Gasteiger partial charge is 0.377 e. The molecule has 6 aliphatic heterocycles. The lowest BCUT2D eigenvalue weighted by atomic mass is 9.86. The molecule has 3 aromatic carbocycles. The number of carbonyl (C=O) groups is 12. The van der Waals surface area contributed by atoms with Crippen LogP contribution >= 0.6 is 47.8 Å². The maximum Gasteiger partial charge on any atom is 0.324 e. The molecular formula is C109H112Br3F2N21O15. The van der Waals surface area contributed by atoms with E-state index in [0.717, 1.165) is 44.5 Å². The third kappa shape index (κ3) is 21.8. The zero-order valence-electron chi connectivity index (χ0n) is 84.5. The molecule has 778 valence electrons.